The number of aryl methyl sites for hydroxylation is 1. The maximum absolute atomic E-state index is 12.6. The summed E-state index contributed by atoms with van der Waals surface area (Å²) in [6, 6.07) is 16.9. The van der Waals surface area contributed by atoms with Gasteiger partial charge in [0.2, 0.25) is 5.91 Å². The Kier molecular flexibility index (Phi) is 4.72. The molecule has 0 aliphatic carbocycles. The second kappa shape index (κ2) is 7.48. The third-order valence-electron chi connectivity index (χ3n) is 4.54. The van der Waals surface area contributed by atoms with Gasteiger partial charge in [-0.15, -0.1) is 0 Å². The molecule has 0 saturated carbocycles. The van der Waals surface area contributed by atoms with Gasteiger partial charge in [-0.25, -0.2) is 9.36 Å². The summed E-state index contributed by atoms with van der Waals surface area (Å²) >= 11 is 0. The standard InChI is InChI=1S/C21H19N5O2/c1-15-18-5-2-3-6-19(18)21(28)26(24-15)14-20(27)22-13-16-7-9-17(10-8-16)25-12-4-11-23-25/h2-12H,13-14H2,1H3,(H,22,27). The quantitative estimate of drug-likeness (QED) is 0.581. The molecule has 0 spiro atoms. The van der Waals surface area contributed by atoms with Crippen LogP contribution in [0.25, 0.3) is 16.5 Å². The zero-order valence-electron chi connectivity index (χ0n) is 15.4. The summed E-state index contributed by atoms with van der Waals surface area (Å²) in [5.41, 5.74) is 2.36. The minimum Gasteiger partial charge on any atom is -0.350 e. The highest BCUT2D eigenvalue weighted by Crippen LogP contribution is 2.12. The lowest BCUT2D eigenvalue weighted by atomic mass is 10.1. The Labute approximate surface area is 161 Å². The van der Waals surface area contributed by atoms with Crippen molar-refractivity contribution < 1.29 is 4.79 Å². The van der Waals surface area contributed by atoms with Crippen molar-refractivity contribution in [3.05, 3.63) is 88.6 Å². The van der Waals surface area contributed by atoms with Gasteiger partial charge in [0.05, 0.1) is 16.8 Å². The molecule has 4 aromatic rings. The average molecular weight is 373 g/mol. The number of hydrogen-bond donors (Lipinski definition) is 1. The Morgan fingerprint density at radius 2 is 1.79 bits per heavy atom. The molecule has 140 valence electrons. The summed E-state index contributed by atoms with van der Waals surface area (Å²) < 4.78 is 2.98. The predicted molar refractivity (Wildman–Crippen MR) is 106 cm³/mol. The molecule has 28 heavy (non-hydrogen) atoms. The fourth-order valence-electron chi connectivity index (χ4n) is 3.09. The normalized spacial score (nSPS) is 10.9. The fourth-order valence-corrected chi connectivity index (χ4v) is 3.09. The predicted octanol–water partition coefficient (Wildman–Crippen LogP) is 2.21. The summed E-state index contributed by atoms with van der Waals surface area (Å²) in [4.78, 5) is 24.9. The van der Waals surface area contributed by atoms with Crippen molar-refractivity contribution in [2.24, 2.45) is 0 Å². The van der Waals surface area contributed by atoms with Gasteiger partial charge >= 0.3 is 0 Å². The first-order valence-electron chi connectivity index (χ1n) is 8.94. The number of nitrogens with zero attached hydrogens (tertiary/aromatic N) is 4. The zero-order chi connectivity index (χ0) is 19.5. The topological polar surface area (TPSA) is 81.8 Å². The number of aromatic nitrogens is 4. The smallest absolute Gasteiger partial charge is 0.275 e. The summed E-state index contributed by atoms with van der Waals surface area (Å²) in [6.07, 6.45) is 3.59. The van der Waals surface area contributed by atoms with Crippen molar-refractivity contribution in [3.63, 3.8) is 0 Å². The minimum atomic E-state index is -0.264. The Morgan fingerprint density at radius 1 is 1.04 bits per heavy atom. The van der Waals surface area contributed by atoms with Gasteiger partial charge in [0.1, 0.15) is 6.54 Å². The van der Waals surface area contributed by atoms with E-state index in [1.165, 1.54) is 4.68 Å². The van der Waals surface area contributed by atoms with Gasteiger partial charge in [0, 0.05) is 24.3 Å². The Bertz CT molecular complexity index is 1180. The molecule has 0 fully saturated rings. The molecule has 2 heterocycles. The summed E-state index contributed by atoms with van der Waals surface area (Å²) in [5.74, 6) is -0.263. The van der Waals surface area contributed by atoms with E-state index in [9.17, 15) is 9.59 Å². The molecule has 2 aromatic heterocycles. The first-order chi connectivity index (χ1) is 13.6. The highest BCUT2D eigenvalue weighted by atomic mass is 16.2. The number of carbonyl (C=O) groups is 1. The molecule has 1 N–H and O–H groups in total. The summed E-state index contributed by atoms with van der Waals surface area (Å²) in [6.45, 7) is 2.09. The molecule has 1 amide bonds. The van der Waals surface area contributed by atoms with Crippen LogP contribution in [0.1, 0.15) is 11.3 Å². The molecule has 7 heteroatoms. The van der Waals surface area contributed by atoms with Crippen molar-refractivity contribution in [1.82, 2.24) is 24.9 Å². The lowest BCUT2D eigenvalue weighted by Gasteiger charge is -2.10. The van der Waals surface area contributed by atoms with E-state index in [2.05, 4.69) is 15.5 Å². The maximum atomic E-state index is 12.6. The lowest BCUT2D eigenvalue weighted by Crippen LogP contribution is -2.33. The fraction of sp³-hybridized carbons (Fsp3) is 0.143. The number of rotatable bonds is 5. The molecular weight excluding hydrogens is 354 g/mol. The van der Waals surface area contributed by atoms with Crippen molar-refractivity contribution in [3.8, 4) is 5.69 Å². The molecule has 0 radical (unpaired) electrons. The van der Waals surface area contributed by atoms with Gasteiger partial charge in [0.25, 0.3) is 5.56 Å². The van der Waals surface area contributed by atoms with Crippen LogP contribution in [0, 0.1) is 6.92 Å². The third-order valence-corrected chi connectivity index (χ3v) is 4.54. The van der Waals surface area contributed by atoms with Crippen LogP contribution in [0.5, 0.6) is 0 Å². The number of fused-ring (bicyclic) bond motifs is 1. The van der Waals surface area contributed by atoms with Crippen LogP contribution >= 0.6 is 0 Å². The highest BCUT2D eigenvalue weighted by Gasteiger charge is 2.10. The van der Waals surface area contributed by atoms with E-state index < -0.39 is 0 Å². The Balaban J connectivity index is 1.43. The molecular formula is C21H19N5O2. The highest BCUT2D eigenvalue weighted by molar-refractivity contribution is 5.83. The van der Waals surface area contributed by atoms with E-state index in [4.69, 9.17) is 0 Å². The number of carbonyl (C=O) groups excluding carboxylic acids is 1. The van der Waals surface area contributed by atoms with E-state index in [-0.39, 0.29) is 18.0 Å². The van der Waals surface area contributed by atoms with E-state index in [0.29, 0.717) is 11.9 Å². The summed E-state index contributed by atoms with van der Waals surface area (Å²) in [7, 11) is 0. The van der Waals surface area contributed by atoms with Crippen LogP contribution in [0.4, 0.5) is 0 Å². The van der Waals surface area contributed by atoms with Gasteiger partial charge < -0.3 is 5.32 Å². The molecule has 2 aromatic carbocycles. The van der Waals surface area contributed by atoms with E-state index >= 15 is 0 Å². The van der Waals surface area contributed by atoms with Crippen molar-refractivity contribution >= 4 is 16.7 Å². The van der Waals surface area contributed by atoms with Gasteiger partial charge in [-0.05, 0) is 36.8 Å². The van der Waals surface area contributed by atoms with E-state index in [1.54, 1.807) is 23.0 Å². The van der Waals surface area contributed by atoms with Crippen LogP contribution in [-0.2, 0) is 17.9 Å². The summed E-state index contributed by atoms with van der Waals surface area (Å²) in [5, 5.41) is 12.7. The largest absolute Gasteiger partial charge is 0.350 e. The van der Waals surface area contributed by atoms with E-state index in [0.717, 1.165) is 22.3 Å². The van der Waals surface area contributed by atoms with Crippen molar-refractivity contribution in [2.45, 2.75) is 20.0 Å². The molecule has 0 aliphatic heterocycles. The maximum Gasteiger partial charge on any atom is 0.275 e. The monoisotopic (exact) mass is 373 g/mol. The van der Waals surface area contributed by atoms with Gasteiger partial charge in [0.15, 0.2) is 0 Å². The minimum absolute atomic E-state index is 0.115. The number of nitrogens with one attached hydrogen (secondary N) is 1. The first-order valence-corrected chi connectivity index (χ1v) is 8.94. The van der Waals surface area contributed by atoms with Crippen molar-refractivity contribution in [1.29, 1.82) is 0 Å². The number of amides is 1. The van der Waals surface area contributed by atoms with Crippen LogP contribution in [-0.4, -0.2) is 25.5 Å². The van der Waals surface area contributed by atoms with Crippen LogP contribution < -0.4 is 10.9 Å². The molecule has 7 nitrogen and oxygen atoms in total. The van der Waals surface area contributed by atoms with Crippen LogP contribution in [0.3, 0.4) is 0 Å². The molecule has 0 bridgehead atoms. The SMILES string of the molecule is Cc1nn(CC(=O)NCc2ccc(-n3cccn3)cc2)c(=O)c2ccccc12. The van der Waals surface area contributed by atoms with Gasteiger partial charge in [-0.3, -0.25) is 9.59 Å². The van der Waals surface area contributed by atoms with Crippen LogP contribution in [0.2, 0.25) is 0 Å². The second-order valence-electron chi connectivity index (χ2n) is 6.49. The second-order valence-corrected chi connectivity index (χ2v) is 6.49. The molecule has 0 atom stereocenters. The molecule has 0 unspecified atom stereocenters. The lowest BCUT2D eigenvalue weighted by molar-refractivity contribution is -0.122. The third kappa shape index (κ3) is 3.55. The zero-order valence-corrected chi connectivity index (χ0v) is 15.4. The molecule has 0 aliphatic rings. The first kappa shape index (κ1) is 17.7. The number of hydrogen-bond acceptors (Lipinski definition) is 4. The number of benzene rings is 2. The van der Waals surface area contributed by atoms with Crippen molar-refractivity contribution in [2.75, 3.05) is 0 Å². The van der Waals surface area contributed by atoms with Gasteiger partial charge in [-0.2, -0.15) is 10.2 Å². The Morgan fingerprint density at radius 3 is 2.50 bits per heavy atom. The Hall–Kier alpha value is -3.74. The molecule has 4 rings (SSSR count). The molecule has 0 saturated heterocycles. The van der Waals surface area contributed by atoms with E-state index in [1.807, 2.05) is 55.6 Å². The van der Waals surface area contributed by atoms with Gasteiger partial charge in [-0.1, -0.05) is 30.3 Å². The average Bonchev–Trinajstić information content (AvgIpc) is 3.26. The van der Waals surface area contributed by atoms with Crippen LogP contribution in [0.15, 0.2) is 71.8 Å².